The van der Waals surface area contributed by atoms with E-state index in [1.807, 2.05) is 0 Å². The third kappa shape index (κ3) is 3.90. The lowest BCUT2D eigenvalue weighted by Gasteiger charge is -2.37. The van der Waals surface area contributed by atoms with E-state index in [0.29, 0.717) is 10.6 Å². The Hall–Kier alpha value is -2.79. The van der Waals surface area contributed by atoms with Gasteiger partial charge in [-0.2, -0.15) is 26.3 Å². The van der Waals surface area contributed by atoms with Crippen molar-refractivity contribution >= 4 is 23.5 Å². The number of fused-ring (bicyclic) bond motifs is 3. The fraction of sp³-hybridized carbons (Fsp3) is 0.300. The van der Waals surface area contributed by atoms with E-state index in [-0.39, 0.29) is 24.2 Å². The molecule has 0 radical (unpaired) electrons. The van der Waals surface area contributed by atoms with Gasteiger partial charge >= 0.3 is 18.3 Å². The number of nitrogens with zero attached hydrogens (tertiary/aromatic N) is 1. The standard InChI is InChI=1S/C20H13ClF6N2O3/c21-11-3-1-9(2-4-11)10-7-12-14(13(8-10)19(22,23)24)17(30)29-6-5-28-16(15(12)29)32-18(31)20(25,26)27/h1-4,7-8,15-16,28H,5-6H2/t15-,16?/m1/s1. The molecule has 2 aliphatic heterocycles. The van der Waals surface area contributed by atoms with Crippen LogP contribution in [0.5, 0.6) is 0 Å². The summed E-state index contributed by atoms with van der Waals surface area (Å²) in [6.45, 7) is -0.150. The number of ether oxygens (including phenoxy) is 1. The molecule has 0 aliphatic carbocycles. The molecule has 1 N–H and O–H groups in total. The van der Waals surface area contributed by atoms with Crippen LogP contribution < -0.4 is 5.32 Å². The monoisotopic (exact) mass is 478 g/mol. The SMILES string of the molecule is O=C1c2c(cc(-c3ccc(Cl)cc3)cc2C(F)(F)F)[C@@H]2C(OC(=O)C(F)(F)F)NCCN12. The van der Waals surface area contributed by atoms with Crippen LogP contribution in [0.4, 0.5) is 26.3 Å². The molecule has 2 atom stereocenters. The van der Waals surface area contributed by atoms with E-state index in [1.54, 1.807) is 0 Å². The Morgan fingerprint density at radius 3 is 2.31 bits per heavy atom. The molecule has 0 aromatic heterocycles. The van der Waals surface area contributed by atoms with Gasteiger partial charge in [0, 0.05) is 18.1 Å². The summed E-state index contributed by atoms with van der Waals surface area (Å²) in [7, 11) is 0. The van der Waals surface area contributed by atoms with Crippen molar-refractivity contribution in [3.8, 4) is 11.1 Å². The molecule has 4 rings (SSSR count). The highest BCUT2D eigenvalue weighted by Crippen LogP contribution is 2.46. The molecule has 0 saturated carbocycles. The number of carbonyl (C=O) groups excluding carboxylic acids is 2. The number of esters is 1. The van der Waals surface area contributed by atoms with Crippen LogP contribution in [0.25, 0.3) is 11.1 Å². The summed E-state index contributed by atoms with van der Waals surface area (Å²) in [5, 5.41) is 2.89. The molecule has 1 unspecified atom stereocenters. The van der Waals surface area contributed by atoms with Crippen molar-refractivity contribution in [2.24, 2.45) is 0 Å². The van der Waals surface area contributed by atoms with Gasteiger partial charge in [0.15, 0.2) is 6.23 Å². The smallest absolute Gasteiger partial charge is 0.437 e. The zero-order valence-electron chi connectivity index (χ0n) is 15.9. The van der Waals surface area contributed by atoms with Gasteiger partial charge in [0.2, 0.25) is 0 Å². The van der Waals surface area contributed by atoms with E-state index in [1.165, 1.54) is 30.3 Å². The first-order valence-corrected chi connectivity index (χ1v) is 9.59. The lowest BCUT2D eigenvalue weighted by Crippen LogP contribution is -2.54. The van der Waals surface area contributed by atoms with Crippen molar-refractivity contribution in [1.82, 2.24) is 10.2 Å². The van der Waals surface area contributed by atoms with Gasteiger partial charge in [-0.1, -0.05) is 23.7 Å². The van der Waals surface area contributed by atoms with E-state index in [0.717, 1.165) is 11.0 Å². The largest absolute Gasteiger partial charge is 0.490 e. The number of alkyl halides is 6. The van der Waals surface area contributed by atoms with Crippen LogP contribution in [0, 0.1) is 0 Å². The Bertz CT molecular complexity index is 1080. The molecule has 5 nitrogen and oxygen atoms in total. The third-order valence-corrected chi connectivity index (χ3v) is 5.48. The van der Waals surface area contributed by atoms with Gasteiger partial charge in [-0.15, -0.1) is 0 Å². The molecule has 0 bridgehead atoms. The van der Waals surface area contributed by atoms with Crippen LogP contribution >= 0.6 is 11.6 Å². The third-order valence-electron chi connectivity index (χ3n) is 5.23. The van der Waals surface area contributed by atoms with Gasteiger partial charge < -0.3 is 9.64 Å². The van der Waals surface area contributed by atoms with E-state index in [9.17, 15) is 35.9 Å². The van der Waals surface area contributed by atoms with Crippen LogP contribution in [-0.2, 0) is 15.7 Å². The summed E-state index contributed by atoms with van der Waals surface area (Å²) < 4.78 is 84.3. The number of nitrogens with one attached hydrogen (secondary N) is 1. The van der Waals surface area contributed by atoms with Crippen LogP contribution in [-0.4, -0.2) is 42.3 Å². The number of piperazine rings is 1. The van der Waals surface area contributed by atoms with Gasteiger partial charge in [-0.25, -0.2) is 4.79 Å². The maximum absolute atomic E-state index is 13.9. The number of carbonyl (C=O) groups is 2. The Morgan fingerprint density at radius 2 is 1.72 bits per heavy atom. The van der Waals surface area contributed by atoms with Gasteiger partial charge in [-0.3, -0.25) is 10.1 Å². The zero-order chi connectivity index (χ0) is 23.4. The molecule has 1 amide bonds. The number of amides is 1. The molecular weight excluding hydrogens is 466 g/mol. The molecule has 0 spiro atoms. The summed E-state index contributed by atoms with van der Waals surface area (Å²) in [4.78, 5) is 25.2. The molecule has 12 heteroatoms. The number of halogens is 7. The predicted molar refractivity (Wildman–Crippen MR) is 99.6 cm³/mol. The lowest BCUT2D eigenvalue weighted by molar-refractivity contribution is -0.210. The van der Waals surface area contributed by atoms with Crippen molar-refractivity contribution < 1.29 is 40.7 Å². The number of hydrogen-bond donors (Lipinski definition) is 1. The summed E-state index contributed by atoms with van der Waals surface area (Å²) >= 11 is 5.83. The summed E-state index contributed by atoms with van der Waals surface area (Å²) in [6, 6.07) is 6.61. The molecule has 170 valence electrons. The Kier molecular flexibility index (Phi) is 5.36. The highest BCUT2D eigenvalue weighted by molar-refractivity contribution is 6.30. The van der Waals surface area contributed by atoms with Crippen molar-refractivity contribution in [3.05, 3.63) is 58.1 Å². The average molecular weight is 479 g/mol. The number of rotatable bonds is 2. The molecule has 2 aromatic rings. The van der Waals surface area contributed by atoms with E-state index >= 15 is 0 Å². The molecule has 1 saturated heterocycles. The second-order valence-corrected chi connectivity index (χ2v) is 7.65. The van der Waals surface area contributed by atoms with Crippen molar-refractivity contribution in [2.45, 2.75) is 24.6 Å². The summed E-state index contributed by atoms with van der Waals surface area (Å²) in [5.74, 6) is -3.50. The molecule has 2 heterocycles. The van der Waals surface area contributed by atoms with Crippen LogP contribution in [0.2, 0.25) is 5.02 Å². The van der Waals surface area contributed by atoms with Crippen LogP contribution in [0.3, 0.4) is 0 Å². The second kappa shape index (κ2) is 7.66. The fourth-order valence-corrected chi connectivity index (χ4v) is 4.03. The van der Waals surface area contributed by atoms with Crippen LogP contribution in [0.1, 0.15) is 27.5 Å². The minimum atomic E-state index is -5.31. The van der Waals surface area contributed by atoms with Crippen molar-refractivity contribution in [2.75, 3.05) is 13.1 Å². The van der Waals surface area contributed by atoms with Crippen molar-refractivity contribution in [3.63, 3.8) is 0 Å². The summed E-state index contributed by atoms with van der Waals surface area (Å²) in [5.41, 5.74) is -1.64. The highest BCUT2D eigenvalue weighted by atomic mass is 35.5. The topological polar surface area (TPSA) is 58.6 Å². The quantitative estimate of drug-likeness (QED) is 0.508. The minimum absolute atomic E-state index is 0.0720. The van der Waals surface area contributed by atoms with Crippen molar-refractivity contribution in [1.29, 1.82) is 0 Å². The molecule has 2 aromatic carbocycles. The number of benzene rings is 2. The Morgan fingerprint density at radius 1 is 1.06 bits per heavy atom. The minimum Gasteiger partial charge on any atom is -0.437 e. The first-order valence-electron chi connectivity index (χ1n) is 9.21. The normalized spacial score (nSPS) is 20.7. The first kappa shape index (κ1) is 22.4. The van der Waals surface area contributed by atoms with Gasteiger partial charge in [0.25, 0.3) is 5.91 Å². The molecule has 2 aliphatic rings. The highest BCUT2D eigenvalue weighted by Gasteiger charge is 2.51. The Labute approximate surface area is 181 Å². The van der Waals surface area contributed by atoms with Gasteiger partial charge in [0.1, 0.15) is 6.04 Å². The fourth-order valence-electron chi connectivity index (χ4n) is 3.90. The van der Waals surface area contributed by atoms with Gasteiger partial charge in [0.05, 0.1) is 11.1 Å². The predicted octanol–water partition coefficient (Wildman–Crippen LogP) is 4.56. The Balaban J connectivity index is 1.86. The lowest BCUT2D eigenvalue weighted by atomic mass is 9.92. The summed E-state index contributed by atoms with van der Waals surface area (Å²) in [6.07, 6.45) is -11.9. The van der Waals surface area contributed by atoms with Crippen LogP contribution in [0.15, 0.2) is 36.4 Å². The van der Waals surface area contributed by atoms with E-state index in [2.05, 4.69) is 10.1 Å². The first-order chi connectivity index (χ1) is 14.9. The molecule has 32 heavy (non-hydrogen) atoms. The second-order valence-electron chi connectivity index (χ2n) is 7.21. The van der Waals surface area contributed by atoms with E-state index in [4.69, 9.17) is 11.6 Å². The molecule has 1 fully saturated rings. The maximum Gasteiger partial charge on any atom is 0.490 e. The zero-order valence-corrected chi connectivity index (χ0v) is 16.6. The maximum atomic E-state index is 13.9. The average Bonchev–Trinajstić information content (AvgIpc) is 3.00. The van der Waals surface area contributed by atoms with E-state index < -0.39 is 47.6 Å². The number of hydrogen-bond acceptors (Lipinski definition) is 4. The van der Waals surface area contributed by atoms with Gasteiger partial charge in [-0.05, 0) is 41.0 Å². The molecular formula is C20H13ClF6N2O3.